The van der Waals surface area contributed by atoms with Gasteiger partial charge in [0.1, 0.15) is 0 Å². The fourth-order valence-corrected chi connectivity index (χ4v) is 2.35. The van der Waals surface area contributed by atoms with E-state index in [1.807, 2.05) is 0 Å². The quantitative estimate of drug-likeness (QED) is 0.338. The van der Waals surface area contributed by atoms with Crippen molar-refractivity contribution in [2.75, 3.05) is 47.5 Å². The van der Waals surface area contributed by atoms with Crippen molar-refractivity contribution in [1.82, 2.24) is 10.2 Å². The van der Waals surface area contributed by atoms with Crippen LogP contribution in [0.2, 0.25) is 0 Å². The molecular formula is C13H25N3O3. The van der Waals surface area contributed by atoms with E-state index in [-0.39, 0.29) is 17.8 Å². The summed E-state index contributed by atoms with van der Waals surface area (Å²) in [6, 6.07) is 0. The zero-order valence-electron chi connectivity index (χ0n) is 12.3. The summed E-state index contributed by atoms with van der Waals surface area (Å²) in [7, 11) is 4.89. The minimum Gasteiger partial charge on any atom is -0.469 e. The van der Waals surface area contributed by atoms with Gasteiger partial charge in [0.25, 0.3) is 0 Å². The number of carbonyl (C=O) groups excluding carboxylic acids is 1. The van der Waals surface area contributed by atoms with Gasteiger partial charge in [-0.2, -0.15) is 0 Å². The van der Waals surface area contributed by atoms with Crippen LogP contribution in [0.5, 0.6) is 0 Å². The number of hydrogen-bond acceptors (Lipinski definition) is 4. The second-order valence-corrected chi connectivity index (χ2v) is 4.83. The molecule has 0 spiro atoms. The number of nitrogens with zero attached hydrogens (tertiary/aromatic N) is 2. The molecule has 6 nitrogen and oxygen atoms in total. The van der Waals surface area contributed by atoms with Gasteiger partial charge in [0.2, 0.25) is 0 Å². The average molecular weight is 271 g/mol. The molecule has 1 rings (SSSR count). The Morgan fingerprint density at radius 3 is 2.74 bits per heavy atom. The van der Waals surface area contributed by atoms with Gasteiger partial charge >= 0.3 is 5.97 Å². The Bertz CT molecular complexity index is 320. The van der Waals surface area contributed by atoms with E-state index in [1.54, 1.807) is 14.2 Å². The van der Waals surface area contributed by atoms with Crippen molar-refractivity contribution in [3.8, 4) is 0 Å². The predicted octanol–water partition coefficient (Wildman–Crippen LogP) is 0.339. The molecule has 2 unspecified atom stereocenters. The zero-order valence-corrected chi connectivity index (χ0v) is 12.3. The summed E-state index contributed by atoms with van der Waals surface area (Å²) >= 11 is 0. The molecule has 0 aromatic heterocycles. The highest BCUT2D eigenvalue weighted by molar-refractivity contribution is 5.82. The van der Waals surface area contributed by atoms with Crippen molar-refractivity contribution in [3.05, 3.63) is 0 Å². The number of esters is 1. The Labute approximate surface area is 115 Å². The summed E-state index contributed by atoms with van der Waals surface area (Å²) in [5, 5.41) is 3.29. The summed E-state index contributed by atoms with van der Waals surface area (Å²) in [5.41, 5.74) is 0. The van der Waals surface area contributed by atoms with E-state index in [4.69, 9.17) is 9.47 Å². The van der Waals surface area contributed by atoms with E-state index in [1.165, 1.54) is 7.11 Å². The van der Waals surface area contributed by atoms with Crippen LogP contribution in [0.15, 0.2) is 4.99 Å². The molecule has 0 radical (unpaired) electrons. The van der Waals surface area contributed by atoms with Gasteiger partial charge in [-0.15, -0.1) is 0 Å². The molecule has 1 saturated heterocycles. The van der Waals surface area contributed by atoms with E-state index in [0.29, 0.717) is 6.54 Å². The fourth-order valence-electron chi connectivity index (χ4n) is 2.35. The molecule has 1 N–H and O–H groups in total. The largest absolute Gasteiger partial charge is 0.469 e. The van der Waals surface area contributed by atoms with Crippen molar-refractivity contribution in [2.45, 2.75) is 13.3 Å². The molecule has 0 amide bonds. The van der Waals surface area contributed by atoms with Crippen molar-refractivity contribution in [3.63, 3.8) is 0 Å². The first kappa shape index (κ1) is 15.8. The van der Waals surface area contributed by atoms with Crippen LogP contribution >= 0.6 is 0 Å². The number of hydrogen-bond donors (Lipinski definition) is 1. The first-order chi connectivity index (χ1) is 9.13. The molecule has 0 aromatic carbocycles. The van der Waals surface area contributed by atoms with E-state index in [9.17, 15) is 4.79 Å². The molecule has 110 valence electrons. The topological polar surface area (TPSA) is 63.2 Å². The molecule has 1 aliphatic rings. The van der Waals surface area contributed by atoms with Crippen molar-refractivity contribution >= 4 is 11.9 Å². The van der Waals surface area contributed by atoms with Crippen LogP contribution in [0.1, 0.15) is 13.3 Å². The van der Waals surface area contributed by atoms with Crippen molar-refractivity contribution < 1.29 is 14.3 Å². The van der Waals surface area contributed by atoms with Gasteiger partial charge in [-0.1, -0.05) is 6.92 Å². The van der Waals surface area contributed by atoms with Crippen molar-refractivity contribution in [1.29, 1.82) is 0 Å². The number of carbonyl (C=O) groups is 1. The summed E-state index contributed by atoms with van der Waals surface area (Å²) < 4.78 is 9.85. The molecule has 6 heteroatoms. The number of guanidine groups is 1. The van der Waals surface area contributed by atoms with E-state index in [0.717, 1.165) is 32.1 Å². The number of ether oxygens (including phenoxy) is 2. The predicted molar refractivity (Wildman–Crippen MR) is 74.1 cm³/mol. The highest BCUT2D eigenvalue weighted by atomic mass is 16.5. The van der Waals surface area contributed by atoms with E-state index < -0.39 is 0 Å². The maximum atomic E-state index is 11.7. The van der Waals surface area contributed by atoms with Gasteiger partial charge in [-0.25, -0.2) is 0 Å². The van der Waals surface area contributed by atoms with Crippen LogP contribution in [0.4, 0.5) is 0 Å². The van der Waals surface area contributed by atoms with Crippen LogP contribution < -0.4 is 5.32 Å². The van der Waals surface area contributed by atoms with Crippen LogP contribution in [0, 0.1) is 11.8 Å². The lowest BCUT2D eigenvalue weighted by atomic mass is 9.99. The second-order valence-electron chi connectivity index (χ2n) is 4.83. The third-order valence-corrected chi connectivity index (χ3v) is 3.44. The van der Waals surface area contributed by atoms with Gasteiger partial charge in [0, 0.05) is 40.4 Å². The Balaban J connectivity index is 2.48. The van der Waals surface area contributed by atoms with Gasteiger partial charge in [-0.05, 0) is 12.3 Å². The highest BCUT2D eigenvalue weighted by Crippen LogP contribution is 2.23. The average Bonchev–Trinajstić information content (AvgIpc) is 2.80. The molecular weight excluding hydrogens is 246 g/mol. The molecule has 2 atom stereocenters. The third-order valence-electron chi connectivity index (χ3n) is 3.44. The first-order valence-electron chi connectivity index (χ1n) is 6.66. The monoisotopic (exact) mass is 271 g/mol. The zero-order chi connectivity index (χ0) is 14.3. The standard InChI is InChI=1S/C13H25N3O3/c1-10-8-16(9-11(10)12(17)19-4)13(14-2)15-6-5-7-18-3/h10-11H,5-9H2,1-4H3,(H,14,15). The van der Waals surface area contributed by atoms with Gasteiger partial charge < -0.3 is 19.7 Å². The Kier molecular flexibility index (Phi) is 6.62. The summed E-state index contributed by atoms with van der Waals surface area (Å²) in [6.45, 7) is 5.10. The summed E-state index contributed by atoms with van der Waals surface area (Å²) in [6.07, 6.45) is 0.930. The maximum Gasteiger partial charge on any atom is 0.310 e. The van der Waals surface area contributed by atoms with Gasteiger partial charge in [0.05, 0.1) is 13.0 Å². The highest BCUT2D eigenvalue weighted by Gasteiger charge is 2.36. The number of methoxy groups -OCH3 is 2. The molecule has 1 fully saturated rings. The molecule has 0 bridgehead atoms. The molecule has 0 aromatic rings. The van der Waals surface area contributed by atoms with Gasteiger partial charge in [0.15, 0.2) is 5.96 Å². The first-order valence-corrected chi connectivity index (χ1v) is 6.66. The number of aliphatic imine (C=N–C) groups is 1. The SMILES string of the molecule is CN=C(NCCCOC)N1CC(C)C(C(=O)OC)C1. The number of rotatable bonds is 5. The minimum atomic E-state index is -0.134. The van der Waals surface area contributed by atoms with Crippen LogP contribution in [-0.2, 0) is 14.3 Å². The number of nitrogens with one attached hydrogen (secondary N) is 1. The Morgan fingerprint density at radius 2 is 2.16 bits per heavy atom. The Morgan fingerprint density at radius 1 is 1.42 bits per heavy atom. The Hall–Kier alpha value is -1.30. The van der Waals surface area contributed by atoms with Crippen LogP contribution in [-0.4, -0.2) is 64.3 Å². The molecule has 0 aliphatic carbocycles. The lowest BCUT2D eigenvalue weighted by Crippen LogP contribution is -2.41. The smallest absolute Gasteiger partial charge is 0.310 e. The minimum absolute atomic E-state index is 0.0671. The van der Waals surface area contributed by atoms with Crippen molar-refractivity contribution in [2.24, 2.45) is 16.8 Å². The lowest BCUT2D eigenvalue weighted by molar-refractivity contribution is -0.145. The normalized spacial score (nSPS) is 23.6. The van der Waals surface area contributed by atoms with E-state index in [2.05, 4.69) is 22.1 Å². The fraction of sp³-hybridized carbons (Fsp3) is 0.846. The molecule has 19 heavy (non-hydrogen) atoms. The molecule has 0 saturated carbocycles. The van der Waals surface area contributed by atoms with E-state index >= 15 is 0 Å². The van der Waals surface area contributed by atoms with Crippen LogP contribution in [0.25, 0.3) is 0 Å². The summed E-state index contributed by atoms with van der Waals surface area (Å²) in [4.78, 5) is 18.0. The lowest BCUT2D eigenvalue weighted by Gasteiger charge is -2.21. The molecule has 1 heterocycles. The van der Waals surface area contributed by atoms with Crippen LogP contribution in [0.3, 0.4) is 0 Å². The second kappa shape index (κ2) is 7.99. The molecule has 1 aliphatic heterocycles. The number of likely N-dealkylation sites (tertiary alicyclic amines) is 1. The summed E-state index contributed by atoms with van der Waals surface area (Å²) in [5.74, 6) is 0.923. The third kappa shape index (κ3) is 4.38. The maximum absolute atomic E-state index is 11.7. The van der Waals surface area contributed by atoms with Gasteiger partial charge in [-0.3, -0.25) is 9.79 Å².